The first-order chi connectivity index (χ1) is 13.9. The van der Waals surface area contributed by atoms with Gasteiger partial charge in [0.1, 0.15) is 5.75 Å². The molecule has 152 valence electrons. The molecule has 0 saturated heterocycles. The predicted molar refractivity (Wildman–Crippen MR) is 99.3 cm³/mol. The van der Waals surface area contributed by atoms with Gasteiger partial charge in [-0.2, -0.15) is 8.78 Å². The third kappa shape index (κ3) is 4.57. The number of carbonyl (C=O) groups excluding carboxylic acids is 3. The molecule has 9 heteroatoms. The van der Waals surface area contributed by atoms with Crippen LogP contribution in [0.3, 0.4) is 0 Å². The van der Waals surface area contributed by atoms with E-state index in [0.29, 0.717) is 18.7 Å². The fourth-order valence-electron chi connectivity index (χ4n) is 2.93. The van der Waals surface area contributed by atoms with Gasteiger partial charge in [0.05, 0.1) is 11.1 Å². The molecule has 2 aromatic carbocycles. The smallest absolute Gasteiger partial charge is 0.387 e. The van der Waals surface area contributed by atoms with Crippen molar-refractivity contribution in [3.05, 3.63) is 59.2 Å². The first-order valence-corrected chi connectivity index (χ1v) is 8.76. The number of nitrogens with one attached hydrogen (secondary N) is 1. The van der Waals surface area contributed by atoms with E-state index < -0.39 is 24.3 Å². The summed E-state index contributed by atoms with van der Waals surface area (Å²) in [6.45, 7) is -2.28. The third-order valence-corrected chi connectivity index (χ3v) is 4.30. The van der Waals surface area contributed by atoms with Crippen molar-refractivity contribution in [2.45, 2.75) is 13.0 Å². The highest BCUT2D eigenvalue weighted by Crippen LogP contribution is 2.25. The molecule has 1 aliphatic rings. The molecule has 0 atom stereocenters. The highest BCUT2D eigenvalue weighted by atomic mass is 19.3. The summed E-state index contributed by atoms with van der Waals surface area (Å²) < 4.78 is 33.5. The van der Waals surface area contributed by atoms with Gasteiger partial charge in [0.25, 0.3) is 17.7 Å². The maximum atomic E-state index is 12.5. The van der Waals surface area contributed by atoms with Crippen LogP contribution in [-0.4, -0.2) is 49.5 Å². The molecule has 0 radical (unpaired) electrons. The lowest BCUT2D eigenvalue weighted by Crippen LogP contribution is -2.31. The Hall–Kier alpha value is -3.33. The Morgan fingerprint density at radius 3 is 2.41 bits per heavy atom. The van der Waals surface area contributed by atoms with Gasteiger partial charge in [-0.25, -0.2) is 0 Å². The van der Waals surface area contributed by atoms with Crippen LogP contribution in [0.1, 0.15) is 37.5 Å². The summed E-state index contributed by atoms with van der Waals surface area (Å²) >= 11 is 0. The zero-order chi connectivity index (χ0) is 21.0. The van der Waals surface area contributed by atoms with Crippen LogP contribution in [0.15, 0.2) is 42.5 Å². The van der Waals surface area contributed by atoms with E-state index in [1.54, 1.807) is 0 Å². The van der Waals surface area contributed by atoms with Crippen molar-refractivity contribution in [1.82, 2.24) is 4.90 Å². The van der Waals surface area contributed by atoms with Crippen molar-refractivity contribution in [3.63, 3.8) is 0 Å². The SMILES string of the molecule is COCCCN1C(=O)c2ccc(C(=O)Nc3ccc(OC(F)F)cc3)cc2C1=O. The average Bonchev–Trinajstić information content (AvgIpc) is 2.93. The van der Waals surface area contributed by atoms with Crippen molar-refractivity contribution < 1.29 is 32.6 Å². The second kappa shape index (κ2) is 8.78. The highest BCUT2D eigenvalue weighted by molar-refractivity contribution is 6.22. The normalized spacial score (nSPS) is 13.0. The van der Waals surface area contributed by atoms with Crippen molar-refractivity contribution in [1.29, 1.82) is 0 Å². The largest absolute Gasteiger partial charge is 0.435 e. The van der Waals surface area contributed by atoms with Crippen LogP contribution in [0.2, 0.25) is 0 Å². The van der Waals surface area contributed by atoms with E-state index in [1.165, 1.54) is 49.6 Å². The van der Waals surface area contributed by atoms with Crippen LogP contribution in [-0.2, 0) is 4.74 Å². The number of carbonyl (C=O) groups is 3. The number of anilines is 1. The first-order valence-electron chi connectivity index (χ1n) is 8.76. The molecule has 3 rings (SSSR count). The Labute approximate surface area is 165 Å². The van der Waals surface area contributed by atoms with Crippen LogP contribution in [0, 0.1) is 0 Å². The molecule has 0 fully saturated rings. The molecule has 2 aromatic rings. The molecule has 0 saturated carbocycles. The summed E-state index contributed by atoms with van der Waals surface area (Å²) in [5, 5.41) is 2.60. The Morgan fingerprint density at radius 2 is 1.76 bits per heavy atom. The average molecular weight is 404 g/mol. The molecule has 29 heavy (non-hydrogen) atoms. The number of methoxy groups -OCH3 is 1. The van der Waals surface area contributed by atoms with Crippen molar-refractivity contribution in [2.75, 3.05) is 25.6 Å². The van der Waals surface area contributed by atoms with Crippen LogP contribution >= 0.6 is 0 Å². The van der Waals surface area contributed by atoms with E-state index in [1.807, 2.05) is 0 Å². The zero-order valence-electron chi connectivity index (χ0n) is 15.5. The molecule has 1 N–H and O–H groups in total. The first kappa shape index (κ1) is 20.4. The van der Waals surface area contributed by atoms with Crippen molar-refractivity contribution >= 4 is 23.4 Å². The monoisotopic (exact) mass is 404 g/mol. The number of benzene rings is 2. The lowest BCUT2D eigenvalue weighted by Gasteiger charge is -2.12. The minimum Gasteiger partial charge on any atom is -0.435 e. The van der Waals surface area contributed by atoms with E-state index in [4.69, 9.17) is 4.74 Å². The molecular formula is C20H18F2N2O5. The highest BCUT2D eigenvalue weighted by Gasteiger charge is 2.35. The van der Waals surface area contributed by atoms with Crippen molar-refractivity contribution in [3.8, 4) is 5.75 Å². The molecule has 1 heterocycles. The van der Waals surface area contributed by atoms with Gasteiger partial charge in [-0.1, -0.05) is 0 Å². The quantitative estimate of drug-likeness (QED) is 0.540. The Balaban J connectivity index is 1.71. The fraction of sp³-hybridized carbons (Fsp3) is 0.250. The lowest BCUT2D eigenvalue weighted by atomic mass is 10.1. The predicted octanol–water partition coefficient (Wildman–Crippen LogP) is 3.17. The van der Waals surface area contributed by atoms with Gasteiger partial charge in [0.15, 0.2) is 0 Å². The van der Waals surface area contributed by atoms with E-state index >= 15 is 0 Å². The Morgan fingerprint density at radius 1 is 1.07 bits per heavy atom. The van der Waals surface area contributed by atoms with Gasteiger partial charge < -0.3 is 14.8 Å². The Bertz CT molecular complexity index is 931. The molecule has 0 bridgehead atoms. The summed E-state index contributed by atoms with van der Waals surface area (Å²) in [5.74, 6) is -1.39. The number of nitrogens with zero attached hydrogens (tertiary/aromatic N) is 1. The second-order valence-corrected chi connectivity index (χ2v) is 6.23. The number of alkyl halides is 2. The number of amides is 3. The summed E-state index contributed by atoms with van der Waals surface area (Å²) in [6.07, 6.45) is 0.514. The summed E-state index contributed by atoms with van der Waals surface area (Å²) in [7, 11) is 1.53. The summed E-state index contributed by atoms with van der Waals surface area (Å²) in [6, 6.07) is 9.68. The summed E-state index contributed by atoms with van der Waals surface area (Å²) in [4.78, 5) is 38.5. The number of imide groups is 1. The molecule has 1 aliphatic heterocycles. The lowest BCUT2D eigenvalue weighted by molar-refractivity contribution is -0.0498. The number of ether oxygens (including phenoxy) is 2. The van der Waals surface area contributed by atoms with Crippen molar-refractivity contribution in [2.24, 2.45) is 0 Å². The number of hydrogen-bond donors (Lipinski definition) is 1. The second-order valence-electron chi connectivity index (χ2n) is 6.23. The minimum absolute atomic E-state index is 0.0341. The van der Waals surface area contributed by atoms with Gasteiger partial charge in [-0.05, 0) is 48.9 Å². The fourth-order valence-corrected chi connectivity index (χ4v) is 2.93. The van der Waals surface area contributed by atoms with Crippen LogP contribution in [0.4, 0.5) is 14.5 Å². The number of rotatable bonds is 8. The molecule has 0 spiro atoms. The zero-order valence-corrected chi connectivity index (χ0v) is 15.5. The molecular weight excluding hydrogens is 386 g/mol. The molecule has 3 amide bonds. The number of halogens is 2. The molecule has 7 nitrogen and oxygen atoms in total. The van der Waals surface area contributed by atoms with Crippen LogP contribution in [0.5, 0.6) is 5.75 Å². The topological polar surface area (TPSA) is 84.9 Å². The van der Waals surface area contributed by atoms with E-state index in [-0.39, 0.29) is 29.0 Å². The maximum absolute atomic E-state index is 12.5. The third-order valence-electron chi connectivity index (χ3n) is 4.30. The Kier molecular flexibility index (Phi) is 6.18. The molecule has 0 aromatic heterocycles. The summed E-state index contributed by atoms with van der Waals surface area (Å²) in [5.41, 5.74) is 0.968. The van der Waals surface area contributed by atoms with E-state index in [2.05, 4.69) is 10.1 Å². The molecule has 0 aliphatic carbocycles. The van der Waals surface area contributed by atoms with Gasteiger partial charge in [0.2, 0.25) is 0 Å². The van der Waals surface area contributed by atoms with Gasteiger partial charge in [-0.3, -0.25) is 19.3 Å². The number of hydrogen-bond acceptors (Lipinski definition) is 5. The molecule has 0 unspecified atom stereocenters. The van der Waals surface area contributed by atoms with E-state index in [0.717, 1.165) is 4.90 Å². The van der Waals surface area contributed by atoms with E-state index in [9.17, 15) is 23.2 Å². The van der Waals surface area contributed by atoms with Gasteiger partial charge in [-0.15, -0.1) is 0 Å². The van der Waals surface area contributed by atoms with Gasteiger partial charge in [0, 0.05) is 31.5 Å². The standard InChI is InChI=1S/C20H18F2N2O5/c1-28-10-2-9-24-18(26)15-8-3-12(11-16(15)19(24)27)17(25)23-13-4-6-14(7-5-13)29-20(21)22/h3-8,11,20H,2,9-10H2,1H3,(H,23,25). The van der Waals surface area contributed by atoms with Crippen LogP contribution < -0.4 is 10.1 Å². The minimum atomic E-state index is -2.93. The maximum Gasteiger partial charge on any atom is 0.387 e. The van der Waals surface area contributed by atoms with Gasteiger partial charge >= 0.3 is 6.61 Å². The van der Waals surface area contributed by atoms with Crippen LogP contribution in [0.25, 0.3) is 0 Å². The number of fused-ring (bicyclic) bond motifs is 1.